The van der Waals surface area contributed by atoms with Crippen LogP contribution in [0.3, 0.4) is 0 Å². The number of nitrogens with one attached hydrogen (secondary N) is 3. The highest BCUT2D eigenvalue weighted by molar-refractivity contribution is 7.99. The molecule has 0 saturated heterocycles. The zero-order valence-corrected chi connectivity index (χ0v) is 13.9. The van der Waals surface area contributed by atoms with Crippen LogP contribution in [-0.4, -0.2) is 44.1 Å². The number of rotatable bonds is 7. The molecule has 24 heavy (non-hydrogen) atoms. The van der Waals surface area contributed by atoms with Gasteiger partial charge in [-0.2, -0.15) is 10.1 Å². The largest absolute Gasteiger partial charge is 0.353 e. The number of pyridine rings is 1. The molecule has 0 spiro atoms. The summed E-state index contributed by atoms with van der Waals surface area (Å²) >= 11 is 1.30. The number of carbonyl (C=O) groups excluding carboxylic acids is 1. The van der Waals surface area contributed by atoms with E-state index in [9.17, 15) is 4.79 Å². The first-order valence-corrected chi connectivity index (χ1v) is 8.82. The fraction of sp³-hybridized carbons (Fsp3) is 0.400. The van der Waals surface area contributed by atoms with Gasteiger partial charge in [0.05, 0.1) is 12.0 Å². The Morgan fingerprint density at radius 1 is 1.38 bits per heavy atom. The summed E-state index contributed by atoms with van der Waals surface area (Å²) in [6, 6.07) is 4.02. The lowest BCUT2D eigenvalue weighted by Crippen LogP contribution is -2.33. The minimum Gasteiger partial charge on any atom is -0.353 e. The van der Waals surface area contributed by atoms with Crippen molar-refractivity contribution in [3.05, 3.63) is 30.1 Å². The Bertz CT molecular complexity index is 682. The van der Waals surface area contributed by atoms with Gasteiger partial charge in [0.15, 0.2) is 0 Å². The SMILES string of the molecule is O=C(CSc1n[nH]c(N/N=C/c2ccncc2)n1)NC1CCCC1. The zero-order valence-electron chi connectivity index (χ0n) is 13.1. The van der Waals surface area contributed by atoms with Crippen LogP contribution < -0.4 is 10.7 Å². The summed E-state index contributed by atoms with van der Waals surface area (Å²) < 4.78 is 0. The van der Waals surface area contributed by atoms with Crippen molar-refractivity contribution in [3.8, 4) is 0 Å². The number of thioether (sulfide) groups is 1. The topological polar surface area (TPSA) is 108 Å². The van der Waals surface area contributed by atoms with Crippen LogP contribution >= 0.6 is 11.8 Å². The molecule has 1 amide bonds. The molecule has 1 aliphatic carbocycles. The van der Waals surface area contributed by atoms with Gasteiger partial charge >= 0.3 is 0 Å². The Morgan fingerprint density at radius 3 is 2.96 bits per heavy atom. The molecule has 3 N–H and O–H groups in total. The highest BCUT2D eigenvalue weighted by Crippen LogP contribution is 2.18. The molecule has 2 aromatic heterocycles. The minimum absolute atomic E-state index is 0.0296. The van der Waals surface area contributed by atoms with Crippen LogP contribution in [0.2, 0.25) is 0 Å². The summed E-state index contributed by atoms with van der Waals surface area (Å²) in [6.07, 6.45) is 9.62. The maximum atomic E-state index is 11.9. The van der Waals surface area contributed by atoms with Crippen molar-refractivity contribution in [2.45, 2.75) is 36.9 Å². The van der Waals surface area contributed by atoms with Gasteiger partial charge in [-0.1, -0.05) is 24.6 Å². The smallest absolute Gasteiger partial charge is 0.240 e. The molecule has 9 heteroatoms. The number of aromatic amines is 1. The van der Waals surface area contributed by atoms with E-state index in [1.54, 1.807) is 18.6 Å². The number of anilines is 1. The third kappa shape index (κ3) is 5.05. The number of amides is 1. The lowest BCUT2D eigenvalue weighted by molar-refractivity contribution is -0.119. The monoisotopic (exact) mass is 345 g/mol. The number of carbonyl (C=O) groups is 1. The molecule has 1 saturated carbocycles. The number of aromatic nitrogens is 4. The van der Waals surface area contributed by atoms with Crippen LogP contribution in [0.1, 0.15) is 31.2 Å². The van der Waals surface area contributed by atoms with Gasteiger partial charge in [-0.05, 0) is 30.5 Å². The first kappa shape index (κ1) is 16.4. The van der Waals surface area contributed by atoms with E-state index in [1.165, 1.54) is 24.6 Å². The molecule has 0 bridgehead atoms. The minimum atomic E-state index is 0.0296. The first-order chi connectivity index (χ1) is 11.8. The number of hydrazone groups is 1. The maximum absolute atomic E-state index is 11.9. The molecule has 1 fully saturated rings. The molecule has 0 unspecified atom stereocenters. The van der Waals surface area contributed by atoms with Crippen LogP contribution in [-0.2, 0) is 4.79 Å². The van der Waals surface area contributed by atoms with E-state index in [-0.39, 0.29) is 5.91 Å². The van der Waals surface area contributed by atoms with Crippen LogP contribution in [0.15, 0.2) is 34.8 Å². The van der Waals surface area contributed by atoms with Gasteiger partial charge in [0.25, 0.3) is 0 Å². The normalized spacial score (nSPS) is 15.0. The molecular weight excluding hydrogens is 326 g/mol. The third-order valence-electron chi connectivity index (χ3n) is 3.61. The molecule has 2 aromatic rings. The Kier molecular flexibility index (Phi) is 5.78. The van der Waals surface area contributed by atoms with Crippen molar-refractivity contribution in [1.29, 1.82) is 0 Å². The second-order valence-electron chi connectivity index (χ2n) is 5.45. The fourth-order valence-corrected chi connectivity index (χ4v) is 3.06. The number of H-pyrrole nitrogens is 1. The number of hydrogen-bond acceptors (Lipinski definition) is 7. The zero-order chi connectivity index (χ0) is 16.6. The molecule has 126 valence electrons. The average Bonchev–Trinajstić information content (AvgIpc) is 3.26. The molecule has 3 rings (SSSR count). The maximum Gasteiger partial charge on any atom is 0.240 e. The van der Waals surface area contributed by atoms with Crippen molar-refractivity contribution in [2.24, 2.45) is 5.10 Å². The third-order valence-corrected chi connectivity index (χ3v) is 4.46. The van der Waals surface area contributed by atoms with E-state index in [2.05, 4.69) is 36.0 Å². The lowest BCUT2D eigenvalue weighted by Gasteiger charge is -2.10. The van der Waals surface area contributed by atoms with E-state index in [0.29, 0.717) is 22.9 Å². The molecular formula is C15H19N7OS. The van der Waals surface area contributed by atoms with Crippen LogP contribution in [0.25, 0.3) is 0 Å². The first-order valence-electron chi connectivity index (χ1n) is 7.83. The standard InChI is InChI=1S/C15H19N7OS/c23-13(18-12-3-1-2-4-12)10-24-15-19-14(21-22-15)20-17-9-11-5-7-16-8-6-11/h5-9,12H,1-4,10H2,(H,18,23)(H2,19,20,21,22)/b17-9+. The molecule has 0 aromatic carbocycles. The van der Waals surface area contributed by atoms with Crippen molar-refractivity contribution < 1.29 is 4.79 Å². The van der Waals surface area contributed by atoms with Crippen molar-refractivity contribution in [2.75, 3.05) is 11.2 Å². The summed E-state index contributed by atoms with van der Waals surface area (Å²) in [5.74, 6) is 0.773. The average molecular weight is 345 g/mol. The summed E-state index contributed by atoms with van der Waals surface area (Å²) in [7, 11) is 0. The molecule has 0 aliphatic heterocycles. The summed E-state index contributed by atoms with van der Waals surface area (Å²) in [6.45, 7) is 0. The Labute approximate surface area is 143 Å². The molecule has 0 radical (unpaired) electrons. The number of nitrogens with zero attached hydrogens (tertiary/aromatic N) is 4. The van der Waals surface area contributed by atoms with Gasteiger partial charge in [0, 0.05) is 18.4 Å². The van der Waals surface area contributed by atoms with E-state index in [0.717, 1.165) is 18.4 Å². The number of hydrogen-bond donors (Lipinski definition) is 3. The molecule has 0 atom stereocenters. The highest BCUT2D eigenvalue weighted by Gasteiger charge is 2.17. The Morgan fingerprint density at radius 2 is 2.17 bits per heavy atom. The summed E-state index contributed by atoms with van der Waals surface area (Å²) in [5, 5.41) is 14.4. The summed E-state index contributed by atoms with van der Waals surface area (Å²) in [5.41, 5.74) is 3.69. The molecule has 1 aliphatic rings. The fourth-order valence-electron chi connectivity index (χ4n) is 2.45. The Hall–Kier alpha value is -2.42. The van der Waals surface area contributed by atoms with E-state index >= 15 is 0 Å². The van der Waals surface area contributed by atoms with Gasteiger partial charge in [-0.15, -0.1) is 5.10 Å². The molecule has 8 nitrogen and oxygen atoms in total. The summed E-state index contributed by atoms with van der Waals surface area (Å²) in [4.78, 5) is 20.0. The Balaban J connectivity index is 1.41. The van der Waals surface area contributed by atoms with Gasteiger partial charge < -0.3 is 5.32 Å². The second-order valence-corrected chi connectivity index (χ2v) is 6.40. The van der Waals surface area contributed by atoms with E-state index in [1.807, 2.05) is 12.1 Å². The van der Waals surface area contributed by atoms with Crippen molar-refractivity contribution >= 4 is 29.8 Å². The van der Waals surface area contributed by atoms with Crippen LogP contribution in [0, 0.1) is 0 Å². The van der Waals surface area contributed by atoms with Crippen molar-refractivity contribution in [1.82, 2.24) is 25.5 Å². The van der Waals surface area contributed by atoms with Gasteiger partial charge in [0.2, 0.25) is 17.0 Å². The van der Waals surface area contributed by atoms with Crippen LogP contribution in [0.5, 0.6) is 0 Å². The predicted molar refractivity (Wildman–Crippen MR) is 93.0 cm³/mol. The quantitative estimate of drug-likeness (QED) is 0.401. The lowest BCUT2D eigenvalue weighted by atomic mass is 10.2. The highest BCUT2D eigenvalue weighted by atomic mass is 32.2. The molecule has 2 heterocycles. The van der Waals surface area contributed by atoms with Gasteiger partial charge in [0.1, 0.15) is 0 Å². The van der Waals surface area contributed by atoms with Crippen LogP contribution in [0.4, 0.5) is 5.95 Å². The second kappa shape index (κ2) is 8.44. The van der Waals surface area contributed by atoms with Gasteiger partial charge in [-0.3, -0.25) is 9.78 Å². The van der Waals surface area contributed by atoms with E-state index in [4.69, 9.17) is 0 Å². The van der Waals surface area contributed by atoms with Gasteiger partial charge in [-0.25, -0.2) is 10.5 Å². The van der Waals surface area contributed by atoms with E-state index < -0.39 is 0 Å². The van der Waals surface area contributed by atoms with Crippen molar-refractivity contribution in [3.63, 3.8) is 0 Å². The predicted octanol–water partition coefficient (Wildman–Crippen LogP) is 1.80.